The molecular weight excluding hydrogens is 271 g/mol. The third-order valence-electron chi connectivity index (χ3n) is 2.68. The molecule has 0 bridgehead atoms. The van der Waals surface area contributed by atoms with Crippen molar-refractivity contribution in [3.63, 3.8) is 0 Å². The first-order valence-corrected chi connectivity index (χ1v) is 6.67. The molecule has 1 aromatic carbocycles. The summed E-state index contributed by atoms with van der Waals surface area (Å²) >= 11 is 12.0. The molecule has 1 atom stereocenters. The maximum Gasteiger partial charge on any atom is 0.224 e. The Bertz CT molecular complexity index is 410. The lowest BCUT2D eigenvalue weighted by atomic mass is 10.1. The average molecular weight is 289 g/mol. The number of halogens is 2. The number of nitrogens with one attached hydrogen (secondary N) is 2. The van der Waals surface area contributed by atoms with Crippen molar-refractivity contribution in [3.05, 3.63) is 33.8 Å². The van der Waals surface area contributed by atoms with Crippen LogP contribution >= 0.6 is 23.2 Å². The summed E-state index contributed by atoms with van der Waals surface area (Å²) in [6, 6.07) is 5.52. The molecule has 0 spiro atoms. The van der Waals surface area contributed by atoms with Gasteiger partial charge in [0.05, 0.1) is 10.0 Å². The molecule has 3 nitrogen and oxygen atoms in total. The molecule has 5 heteroatoms. The van der Waals surface area contributed by atoms with Crippen LogP contribution in [0.15, 0.2) is 18.2 Å². The fourth-order valence-electron chi connectivity index (χ4n) is 1.64. The van der Waals surface area contributed by atoms with Gasteiger partial charge in [-0.3, -0.25) is 4.79 Å². The van der Waals surface area contributed by atoms with Crippen molar-refractivity contribution in [3.8, 4) is 0 Å². The second kappa shape index (κ2) is 7.62. The third-order valence-corrected chi connectivity index (χ3v) is 3.54. The van der Waals surface area contributed by atoms with Crippen LogP contribution in [0.3, 0.4) is 0 Å². The summed E-state index contributed by atoms with van der Waals surface area (Å²) in [6.45, 7) is 3.12. The van der Waals surface area contributed by atoms with Gasteiger partial charge < -0.3 is 10.6 Å². The van der Waals surface area contributed by atoms with E-state index in [4.69, 9.17) is 23.2 Å². The highest BCUT2D eigenvalue weighted by atomic mass is 35.5. The van der Waals surface area contributed by atoms with Gasteiger partial charge in [-0.1, -0.05) is 42.3 Å². The van der Waals surface area contributed by atoms with Crippen LogP contribution in [0.25, 0.3) is 0 Å². The fraction of sp³-hybridized carbons (Fsp3) is 0.462. The van der Waals surface area contributed by atoms with Crippen molar-refractivity contribution in [2.45, 2.75) is 13.3 Å². The predicted octanol–water partition coefficient (Wildman–Crippen LogP) is 2.51. The summed E-state index contributed by atoms with van der Waals surface area (Å²) in [6.07, 6.45) is 0.678. The Labute approximate surface area is 118 Å². The first-order chi connectivity index (χ1) is 8.56. The number of benzene rings is 1. The SMILES string of the molecule is CNCC(C)C(=O)NCCc1cccc(Cl)c1Cl. The number of carbonyl (C=O) groups is 1. The molecule has 0 radical (unpaired) electrons. The van der Waals surface area contributed by atoms with Gasteiger partial charge in [0, 0.05) is 19.0 Å². The molecule has 0 aromatic heterocycles. The summed E-state index contributed by atoms with van der Waals surface area (Å²) in [7, 11) is 1.83. The first-order valence-electron chi connectivity index (χ1n) is 5.91. The Morgan fingerprint density at radius 1 is 1.39 bits per heavy atom. The Kier molecular flexibility index (Phi) is 6.47. The second-order valence-electron chi connectivity index (χ2n) is 4.21. The quantitative estimate of drug-likeness (QED) is 0.845. The Morgan fingerprint density at radius 3 is 2.78 bits per heavy atom. The molecule has 1 aromatic rings. The topological polar surface area (TPSA) is 41.1 Å². The highest BCUT2D eigenvalue weighted by Gasteiger charge is 2.11. The zero-order chi connectivity index (χ0) is 13.5. The van der Waals surface area contributed by atoms with Crippen LogP contribution in [-0.2, 0) is 11.2 Å². The molecule has 0 aliphatic heterocycles. The van der Waals surface area contributed by atoms with Crippen molar-refractivity contribution >= 4 is 29.1 Å². The summed E-state index contributed by atoms with van der Waals surface area (Å²) in [5.74, 6) is 0.00679. The van der Waals surface area contributed by atoms with Gasteiger partial charge in [-0.2, -0.15) is 0 Å². The van der Waals surface area contributed by atoms with E-state index >= 15 is 0 Å². The molecule has 0 heterocycles. The third kappa shape index (κ3) is 4.48. The zero-order valence-electron chi connectivity index (χ0n) is 10.6. The summed E-state index contributed by atoms with van der Waals surface area (Å²) in [5, 5.41) is 6.97. The number of carbonyl (C=O) groups excluding carboxylic acids is 1. The van der Waals surface area contributed by atoms with Crippen LogP contribution < -0.4 is 10.6 Å². The van der Waals surface area contributed by atoms with Crippen molar-refractivity contribution in [2.24, 2.45) is 5.92 Å². The van der Waals surface area contributed by atoms with E-state index in [1.807, 2.05) is 26.1 Å². The first kappa shape index (κ1) is 15.3. The van der Waals surface area contributed by atoms with E-state index in [0.29, 0.717) is 29.6 Å². The lowest BCUT2D eigenvalue weighted by Gasteiger charge is -2.12. The van der Waals surface area contributed by atoms with Gasteiger partial charge in [-0.05, 0) is 25.1 Å². The van der Waals surface area contributed by atoms with E-state index in [1.165, 1.54) is 0 Å². The standard InChI is InChI=1S/C13H18Cl2N2O/c1-9(8-16-2)13(18)17-7-6-10-4-3-5-11(14)12(10)15/h3-5,9,16H,6-8H2,1-2H3,(H,17,18). The van der Waals surface area contributed by atoms with Crippen LogP contribution in [0.5, 0.6) is 0 Å². The average Bonchev–Trinajstić information content (AvgIpc) is 2.34. The van der Waals surface area contributed by atoms with Gasteiger partial charge in [0.2, 0.25) is 5.91 Å². The van der Waals surface area contributed by atoms with Crippen LogP contribution in [-0.4, -0.2) is 26.0 Å². The fourth-order valence-corrected chi connectivity index (χ4v) is 2.05. The van der Waals surface area contributed by atoms with Crippen LogP contribution in [0.4, 0.5) is 0 Å². The molecule has 0 aliphatic rings. The minimum Gasteiger partial charge on any atom is -0.355 e. The Hall–Kier alpha value is -0.770. The Morgan fingerprint density at radius 2 is 2.11 bits per heavy atom. The highest BCUT2D eigenvalue weighted by Crippen LogP contribution is 2.25. The smallest absolute Gasteiger partial charge is 0.224 e. The van der Waals surface area contributed by atoms with Crippen molar-refractivity contribution in [2.75, 3.05) is 20.1 Å². The second-order valence-corrected chi connectivity index (χ2v) is 5.00. The van der Waals surface area contributed by atoms with Gasteiger partial charge in [-0.15, -0.1) is 0 Å². The lowest BCUT2D eigenvalue weighted by Crippen LogP contribution is -2.35. The van der Waals surface area contributed by atoms with E-state index in [9.17, 15) is 4.79 Å². The molecule has 0 fully saturated rings. The van der Waals surface area contributed by atoms with Gasteiger partial charge in [0.1, 0.15) is 0 Å². The molecule has 0 saturated heterocycles. The number of rotatable bonds is 6. The number of hydrogen-bond acceptors (Lipinski definition) is 2. The van der Waals surface area contributed by atoms with Crippen molar-refractivity contribution in [1.82, 2.24) is 10.6 Å². The van der Waals surface area contributed by atoms with E-state index in [2.05, 4.69) is 10.6 Å². The van der Waals surface area contributed by atoms with Crippen LogP contribution in [0.1, 0.15) is 12.5 Å². The van der Waals surface area contributed by atoms with E-state index in [1.54, 1.807) is 6.07 Å². The molecule has 1 unspecified atom stereocenters. The maximum atomic E-state index is 11.7. The largest absolute Gasteiger partial charge is 0.355 e. The van der Waals surface area contributed by atoms with Crippen LogP contribution in [0, 0.1) is 5.92 Å². The predicted molar refractivity (Wildman–Crippen MR) is 76.3 cm³/mol. The van der Waals surface area contributed by atoms with E-state index in [0.717, 1.165) is 5.56 Å². The van der Waals surface area contributed by atoms with Crippen LogP contribution in [0.2, 0.25) is 10.0 Å². The van der Waals surface area contributed by atoms with Crippen molar-refractivity contribution in [1.29, 1.82) is 0 Å². The van der Waals surface area contributed by atoms with Gasteiger partial charge >= 0.3 is 0 Å². The van der Waals surface area contributed by atoms with Gasteiger partial charge in [-0.25, -0.2) is 0 Å². The minimum atomic E-state index is -0.0372. The van der Waals surface area contributed by atoms with Gasteiger partial charge in [0.25, 0.3) is 0 Å². The summed E-state index contributed by atoms with van der Waals surface area (Å²) < 4.78 is 0. The maximum absolute atomic E-state index is 11.7. The summed E-state index contributed by atoms with van der Waals surface area (Å²) in [4.78, 5) is 11.7. The molecule has 100 valence electrons. The molecular formula is C13H18Cl2N2O. The molecule has 18 heavy (non-hydrogen) atoms. The van der Waals surface area contributed by atoms with Crippen molar-refractivity contribution < 1.29 is 4.79 Å². The highest BCUT2D eigenvalue weighted by molar-refractivity contribution is 6.42. The Balaban J connectivity index is 2.42. The molecule has 1 amide bonds. The molecule has 0 saturated carbocycles. The zero-order valence-corrected chi connectivity index (χ0v) is 12.1. The lowest BCUT2D eigenvalue weighted by molar-refractivity contribution is -0.124. The number of amides is 1. The minimum absolute atomic E-state index is 0.0372. The van der Waals surface area contributed by atoms with Gasteiger partial charge in [0.15, 0.2) is 0 Å². The monoisotopic (exact) mass is 288 g/mol. The molecule has 0 aliphatic carbocycles. The summed E-state index contributed by atoms with van der Waals surface area (Å²) in [5.41, 5.74) is 0.950. The normalized spacial score (nSPS) is 12.2. The number of hydrogen-bond donors (Lipinski definition) is 2. The van der Waals surface area contributed by atoms with E-state index < -0.39 is 0 Å². The molecule has 2 N–H and O–H groups in total. The molecule has 1 rings (SSSR count). The van der Waals surface area contributed by atoms with E-state index in [-0.39, 0.29) is 11.8 Å².